The Morgan fingerprint density at radius 1 is 0.720 bits per heavy atom. The van der Waals surface area contributed by atoms with E-state index in [1.165, 1.54) is 42.7 Å². The third kappa shape index (κ3) is 16.7. The maximum Gasteiger partial charge on any atom is 0.573 e. The number of carboxylic acid groups (broad SMARTS) is 2. The molecule has 6 aromatic carbocycles. The first kappa shape index (κ1) is 54.1. The van der Waals surface area contributed by atoms with E-state index in [1.807, 2.05) is 66.7 Å². The highest BCUT2D eigenvalue weighted by Gasteiger charge is 2.31. The van der Waals surface area contributed by atoms with Gasteiger partial charge in [0.1, 0.15) is 35.4 Å². The third-order valence-corrected chi connectivity index (χ3v) is 12.0. The maximum atomic E-state index is 12.7. The molecule has 2 atom stereocenters. The smallest absolute Gasteiger partial charge is 0.493 e. The first-order valence-electron chi connectivity index (χ1n) is 23.4. The van der Waals surface area contributed by atoms with E-state index >= 15 is 0 Å². The molecule has 0 saturated heterocycles. The second kappa shape index (κ2) is 26.3. The number of carbonyl (C=O) groups excluding carboxylic acids is 2. The van der Waals surface area contributed by atoms with Gasteiger partial charge in [-0.2, -0.15) is 0 Å². The summed E-state index contributed by atoms with van der Waals surface area (Å²) in [7, 11) is 1.25. The fourth-order valence-corrected chi connectivity index (χ4v) is 8.34. The topological polar surface area (TPSA) is 208 Å². The summed E-state index contributed by atoms with van der Waals surface area (Å²) in [5.74, 6) is -1.06. The lowest BCUT2D eigenvalue weighted by molar-refractivity contribution is -0.274. The van der Waals surface area contributed by atoms with Crippen LogP contribution < -0.4 is 30.2 Å². The number of alkyl halides is 3. The summed E-state index contributed by atoms with van der Waals surface area (Å²) >= 11 is 1.37. The Labute approximate surface area is 432 Å². The fourth-order valence-electron chi connectivity index (χ4n) is 7.50. The number of para-hydroxylation sites is 3. The van der Waals surface area contributed by atoms with Crippen molar-refractivity contribution in [2.24, 2.45) is 0 Å². The average molecular weight is 1050 g/mol. The van der Waals surface area contributed by atoms with E-state index in [4.69, 9.17) is 18.6 Å². The van der Waals surface area contributed by atoms with Crippen LogP contribution in [0.1, 0.15) is 61.3 Å². The quantitative estimate of drug-likeness (QED) is 0.0217. The van der Waals surface area contributed by atoms with Crippen molar-refractivity contribution in [3.05, 3.63) is 202 Å². The molecule has 15 nitrogen and oxygen atoms in total. The van der Waals surface area contributed by atoms with Gasteiger partial charge >= 0.3 is 24.3 Å². The molecule has 2 heterocycles. The fraction of sp³-hybridized carbons (Fsp3) is 0.196. The molecule has 5 N–H and O–H groups in total. The largest absolute Gasteiger partial charge is 0.573 e. The highest BCUT2D eigenvalue weighted by Crippen LogP contribution is 2.30. The first-order valence-corrected chi connectivity index (χ1v) is 24.2. The number of esters is 1. The zero-order valence-corrected chi connectivity index (χ0v) is 41.1. The van der Waals surface area contributed by atoms with Crippen molar-refractivity contribution in [2.75, 3.05) is 37.5 Å². The number of oxazole rings is 1. The predicted molar refractivity (Wildman–Crippen MR) is 276 cm³/mol. The monoisotopic (exact) mass is 1040 g/mol. The van der Waals surface area contributed by atoms with Crippen molar-refractivity contribution in [3.8, 4) is 17.2 Å². The Morgan fingerprint density at radius 2 is 1.36 bits per heavy atom. The molecule has 0 bridgehead atoms. The molecule has 0 fully saturated rings. The summed E-state index contributed by atoms with van der Waals surface area (Å²) in [6, 6.07) is 43.3. The number of anilines is 2. The van der Waals surface area contributed by atoms with Gasteiger partial charge in [-0.05, 0) is 83.4 Å². The average Bonchev–Trinajstić information content (AvgIpc) is 4.06. The molecule has 0 aliphatic heterocycles. The van der Waals surface area contributed by atoms with Gasteiger partial charge in [-0.25, -0.2) is 14.6 Å². The highest BCUT2D eigenvalue weighted by atomic mass is 32.1. The van der Waals surface area contributed by atoms with Gasteiger partial charge in [0.15, 0.2) is 11.4 Å². The molecular weight excluding hydrogens is 994 g/mol. The molecular formula is C56H51F3N4O11S. The summed E-state index contributed by atoms with van der Waals surface area (Å²) in [5.41, 5.74) is 5.69. The Hall–Kier alpha value is -8.68. The summed E-state index contributed by atoms with van der Waals surface area (Å²) < 4.78 is 62.5. The summed E-state index contributed by atoms with van der Waals surface area (Å²) in [6.07, 6.45) is -4.22. The minimum atomic E-state index is -4.73. The summed E-state index contributed by atoms with van der Waals surface area (Å²) in [6.45, 7) is 1.85. The van der Waals surface area contributed by atoms with Gasteiger partial charge in [0, 0.05) is 41.6 Å². The Morgan fingerprint density at radius 3 is 2.04 bits per heavy atom. The van der Waals surface area contributed by atoms with Crippen LogP contribution in [0.3, 0.4) is 0 Å². The second-order valence-electron chi connectivity index (χ2n) is 16.6. The van der Waals surface area contributed by atoms with Gasteiger partial charge in [-0.1, -0.05) is 91.0 Å². The van der Waals surface area contributed by atoms with Gasteiger partial charge in [-0.3, -0.25) is 9.59 Å². The minimum Gasteiger partial charge on any atom is -0.493 e. The van der Waals surface area contributed by atoms with Crippen LogP contribution >= 0.6 is 11.3 Å². The molecule has 0 amide bonds. The lowest BCUT2D eigenvalue weighted by Crippen LogP contribution is -2.32. The van der Waals surface area contributed by atoms with Crippen LogP contribution in [-0.4, -0.2) is 78.2 Å². The normalized spacial score (nSPS) is 11.8. The number of ether oxygens (including phenoxy) is 4. The van der Waals surface area contributed by atoms with Crippen LogP contribution in [0.25, 0.3) is 11.1 Å². The van der Waals surface area contributed by atoms with Crippen molar-refractivity contribution in [1.29, 1.82) is 0 Å². The van der Waals surface area contributed by atoms with Gasteiger partial charge in [0.25, 0.3) is 0 Å². The number of benzene rings is 6. The molecule has 0 aliphatic carbocycles. The number of carbonyl (C=O) groups is 4. The molecule has 0 aliphatic rings. The first-order chi connectivity index (χ1) is 36.2. The number of thiophene rings is 1. The second-order valence-corrected chi connectivity index (χ2v) is 17.5. The Bertz CT molecular complexity index is 3100. The summed E-state index contributed by atoms with van der Waals surface area (Å²) in [4.78, 5) is 52.5. The number of hydrogen-bond donors (Lipinski definition) is 5. The molecule has 2 unspecified atom stereocenters. The van der Waals surface area contributed by atoms with E-state index in [-0.39, 0.29) is 29.9 Å². The van der Waals surface area contributed by atoms with Crippen LogP contribution in [0.5, 0.6) is 17.2 Å². The Balaban J connectivity index is 0.000000220. The molecule has 0 radical (unpaired) electrons. The lowest BCUT2D eigenvalue weighted by Gasteiger charge is -2.18. The number of carboxylic acids is 2. The van der Waals surface area contributed by atoms with Gasteiger partial charge in [0.2, 0.25) is 5.89 Å². The molecule has 388 valence electrons. The van der Waals surface area contributed by atoms with E-state index in [2.05, 4.69) is 25.7 Å². The van der Waals surface area contributed by atoms with Crippen molar-refractivity contribution in [3.63, 3.8) is 0 Å². The zero-order chi connectivity index (χ0) is 53.2. The van der Waals surface area contributed by atoms with Crippen LogP contribution in [0.4, 0.5) is 23.9 Å². The molecule has 75 heavy (non-hydrogen) atoms. The van der Waals surface area contributed by atoms with Crippen LogP contribution in [0.15, 0.2) is 168 Å². The molecule has 0 spiro atoms. The van der Waals surface area contributed by atoms with Crippen molar-refractivity contribution >= 4 is 56.8 Å². The summed E-state index contributed by atoms with van der Waals surface area (Å²) in [5, 5.41) is 31.1. The SMILES string of the molecule is COC(=O)c1ccccc1NC(Cc1ccc(OCCc2ccc(OC(F)(F)F)cc2)cc1)C(=O)O.O=C(O)CC(Nc1cc(C(=O)c2ccccc2)cs1)c1ccc(OCCNCc2nc3ccccc3o2)cc1. The molecule has 8 aromatic rings. The predicted octanol–water partition coefficient (Wildman–Crippen LogP) is 11.0. The lowest BCUT2D eigenvalue weighted by atomic mass is 10.0. The minimum absolute atomic E-state index is 0.0699. The standard InChI is InChI=1S/C30H27N3O5S.C26H24F3NO6/c34-29(35)17-25(33-28-16-22(19-39-28)30(36)21-6-2-1-3-7-21)20-10-12-23(13-11-20)37-15-14-31-18-27-32-24-8-4-5-9-26(24)38-27;1-34-25(33)21-4-2-3-5-22(21)30-23(24(31)32)16-18-8-10-19(11-9-18)35-15-14-17-6-12-20(13-7-17)36-26(27,28)29/h1-13,16,19,25,31,33H,14-15,17-18H2,(H,34,35);2-13,23,30H,14-16H2,1H3,(H,31,32). The van der Waals surface area contributed by atoms with Crippen LogP contribution in [0, 0.1) is 0 Å². The number of halogens is 3. The number of aliphatic carboxylic acids is 2. The van der Waals surface area contributed by atoms with Crippen LogP contribution in [0.2, 0.25) is 0 Å². The highest BCUT2D eigenvalue weighted by molar-refractivity contribution is 7.14. The Kier molecular flexibility index (Phi) is 19.0. The number of methoxy groups -OCH3 is 1. The van der Waals surface area contributed by atoms with Crippen molar-refractivity contribution < 1.29 is 65.9 Å². The number of nitrogens with zero attached hydrogens (tertiary/aromatic N) is 1. The van der Waals surface area contributed by atoms with Crippen LogP contribution in [-0.2, 0) is 33.7 Å². The van der Waals surface area contributed by atoms with Crippen molar-refractivity contribution in [2.45, 2.75) is 44.3 Å². The van der Waals surface area contributed by atoms with E-state index in [9.17, 15) is 42.6 Å². The molecule has 2 aromatic heterocycles. The number of nitrogens with one attached hydrogen (secondary N) is 3. The van der Waals surface area contributed by atoms with Crippen molar-refractivity contribution in [1.82, 2.24) is 10.3 Å². The molecule has 19 heteroatoms. The van der Waals surface area contributed by atoms with E-state index < -0.39 is 36.4 Å². The molecule has 0 saturated carbocycles. The van der Waals surface area contributed by atoms with E-state index in [0.717, 1.165) is 32.8 Å². The number of ketones is 1. The van der Waals surface area contributed by atoms with Gasteiger partial charge in [-0.15, -0.1) is 24.5 Å². The number of rotatable bonds is 24. The van der Waals surface area contributed by atoms with E-state index in [1.54, 1.807) is 72.1 Å². The van der Waals surface area contributed by atoms with Gasteiger partial charge < -0.3 is 49.5 Å². The van der Waals surface area contributed by atoms with E-state index in [0.29, 0.717) is 66.9 Å². The third-order valence-electron chi connectivity index (χ3n) is 11.2. The number of hydrogen-bond acceptors (Lipinski definition) is 14. The molecule has 8 rings (SSSR count). The zero-order valence-electron chi connectivity index (χ0n) is 40.3. The number of fused-ring (bicyclic) bond motifs is 1. The van der Waals surface area contributed by atoms with Gasteiger partial charge in [0.05, 0.1) is 43.3 Å². The number of aromatic nitrogens is 1. The maximum absolute atomic E-state index is 12.7.